The summed E-state index contributed by atoms with van der Waals surface area (Å²) >= 11 is 0. The lowest BCUT2D eigenvalue weighted by atomic mass is 9.97. The number of amides is 1. The molecule has 0 aliphatic heterocycles. The second kappa shape index (κ2) is 9.00. The first-order valence-electron chi connectivity index (χ1n) is 10.5. The Morgan fingerprint density at radius 3 is 2.23 bits per heavy atom. The van der Waals surface area contributed by atoms with Crippen molar-refractivity contribution < 1.29 is 4.79 Å². The standard InChI is InChI=1S/C27H27N3O/c1-19-8-7-11-25(16-19)26(23-9-5-4-6-10-23)28-27(31)24-14-12-22(13-15-24)18-30-21(3)17-20(2)29-30/h4-17,26H,18H2,1-3H3,(H,28,31)/t26-/m0/s1. The van der Waals surface area contributed by atoms with Crippen LogP contribution in [0.4, 0.5) is 0 Å². The first-order valence-corrected chi connectivity index (χ1v) is 10.5. The summed E-state index contributed by atoms with van der Waals surface area (Å²) in [5.74, 6) is -0.0898. The van der Waals surface area contributed by atoms with E-state index in [1.807, 2.05) is 72.3 Å². The van der Waals surface area contributed by atoms with Gasteiger partial charge in [0.2, 0.25) is 0 Å². The van der Waals surface area contributed by atoms with Gasteiger partial charge in [-0.25, -0.2) is 0 Å². The van der Waals surface area contributed by atoms with Crippen LogP contribution >= 0.6 is 0 Å². The minimum Gasteiger partial charge on any atom is -0.341 e. The van der Waals surface area contributed by atoms with Crippen LogP contribution in [0, 0.1) is 20.8 Å². The molecule has 1 aromatic heterocycles. The summed E-state index contributed by atoms with van der Waals surface area (Å²) in [6.45, 7) is 6.80. The van der Waals surface area contributed by atoms with E-state index in [1.165, 1.54) is 5.56 Å². The van der Waals surface area contributed by atoms with Gasteiger partial charge in [-0.05, 0) is 55.7 Å². The molecule has 4 rings (SSSR count). The fourth-order valence-electron chi connectivity index (χ4n) is 3.84. The van der Waals surface area contributed by atoms with Crippen molar-refractivity contribution in [3.05, 3.63) is 124 Å². The Morgan fingerprint density at radius 2 is 1.58 bits per heavy atom. The van der Waals surface area contributed by atoms with Gasteiger partial charge >= 0.3 is 0 Å². The van der Waals surface area contributed by atoms with Crippen molar-refractivity contribution in [3.63, 3.8) is 0 Å². The smallest absolute Gasteiger partial charge is 0.252 e. The number of rotatable bonds is 6. The molecule has 4 heteroatoms. The molecule has 3 aromatic carbocycles. The summed E-state index contributed by atoms with van der Waals surface area (Å²) in [5.41, 5.74) is 7.19. The normalized spacial score (nSPS) is 11.8. The van der Waals surface area contributed by atoms with Crippen LogP contribution in [0.2, 0.25) is 0 Å². The number of carbonyl (C=O) groups is 1. The van der Waals surface area contributed by atoms with E-state index in [0.717, 1.165) is 28.1 Å². The molecule has 156 valence electrons. The van der Waals surface area contributed by atoms with Crippen LogP contribution in [0.15, 0.2) is 84.9 Å². The number of benzene rings is 3. The number of aromatic nitrogens is 2. The number of hydrogen-bond donors (Lipinski definition) is 1. The van der Waals surface area contributed by atoms with Gasteiger partial charge in [-0.15, -0.1) is 0 Å². The van der Waals surface area contributed by atoms with Gasteiger partial charge < -0.3 is 5.32 Å². The highest BCUT2D eigenvalue weighted by Gasteiger charge is 2.18. The van der Waals surface area contributed by atoms with Gasteiger partial charge in [0.15, 0.2) is 0 Å². The molecule has 1 N–H and O–H groups in total. The van der Waals surface area contributed by atoms with Gasteiger partial charge in [0.25, 0.3) is 5.91 Å². The lowest BCUT2D eigenvalue weighted by Crippen LogP contribution is -2.29. The summed E-state index contributed by atoms with van der Waals surface area (Å²) in [7, 11) is 0. The molecular weight excluding hydrogens is 382 g/mol. The average molecular weight is 410 g/mol. The average Bonchev–Trinajstić information content (AvgIpc) is 3.09. The monoisotopic (exact) mass is 409 g/mol. The number of hydrogen-bond acceptors (Lipinski definition) is 2. The maximum Gasteiger partial charge on any atom is 0.252 e. The summed E-state index contributed by atoms with van der Waals surface area (Å²) in [5, 5.41) is 7.73. The predicted molar refractivity (Wildman–Crippen MR) is 124 cm³/mol. The Kier molecular flexibility index (Phi) is 5.99. The molecule has 1 heterocycles. The van der Waals surface area contributed by atoms with E-state index in [9.17, 15) is 4.79 Å². The minimum absolute atomic E-state index is 0.0898. The molecule has 0 fully saturated rings. The van der Waals surface area contributed by atoms with Crippen LogP contribution in [0.5, 0.6) is 0 Å². The zero-order chi connectivity index (χ0) is 21.8. The van der Waals surface area contributed by atoms with Crippen LogP contribution < -0.4 is 5.32 Å². The van der Waals surface area contributed by atoms with E-state index >= 15 is 0 Å². The van der Waals surface area contributed by atoms with Gasteiger partial charge in [-0.2, -0.15) is 5.10 Å². The SMILES string of the molecule is Cc1cccc([C@@H](NC(=O)c2ccc(Cn3nc(C)cc3C)cc2)c2ccccc2)c1. The van der Waals surface area contributed by atoms with Crippen molar-refractivity contribution in [2.75, 3.05) is 0 Å². The third-order valence-corrected chi connectivity index (χ3v) is 5.44. The fraction of sp³-hybridized carbons (Fsp3) is 0.185. The molecule has 0 radical (unpaired) electrons. The highest BCUT2D eigenvalue weighted by atomic mass is 16.1. The zero-order valence-electron chi connectivity index (χ0n) is 18.2. The number of aryl methyl sites for hydroxylation is 3. The van der Waals surface area contributed by atoms with Crippen molar-refractivity contribution in [2.24, 2.45) is 0 Å². The Bertz CT molecular complexity index is 1180. The Hall–Kier alpha value is -3.66. The number of nitrogens with one attached hydrogen (secondary N) is 1. The lowest BCUT2D eigenvalue weighted by molar-refractivity contribution is 0.0943. The fourth-order valence-corrected chi connectivity index (χ4v) is 3.84. The van der Waals surface area contributed by atoms with E-state index in [0.29, 0.717) is 12.1 Å². The molecule has 0 spiro atoms. The Balaban J connectivity index is 1.54. The molecule has 31 heavy (non-hydrogen) atoms. The van der Waals surface area contributed by atoms with Crippen molar-refractivity contribution in [2.45, 2.75) is 33.4 Å². The lowest BCUT2D eigenvalue weighted by Gasteiger charge is -2.20. The quantitative estimate of drug-likeness (QED) is 0.465. The maximum absolute atomic E-state index is 13.1. The largest absolute Gasteiger partial charge is 0.341 e. The van der Waals surface area contributed by atoms with Crippen molar-refractivity contribution in [1.29, 1.82) is 0 Å². The van der Waals surface area contributed by atoms with Gasteiger partial charge in [0.05, 0.1) is 18.3 Å². The summed E-state index contributed by atoms with van der Waals surface area (Å²) in [6, 6.07) is 28.0. The molecule has 0 aliphatic rings. The van der Waals surface area contributed by atoms with E-state index in [2.05, 4.69) is 48.5 Å². The molecule has 0 saturated heterocycles. The van der Waals surface area contributed by atoms with E-state index in [4.69, 9.17) is 0 Å². The van der Waals surface area contributed by atoms with Gasteiger partial charge in [0.1, 0.15) is 0 Å². The van der Waals surface area contributed by atoms with Gasteiger partial charge in [-0.1, -0.05) is 72.3 Å². The van der Waals surface area contributed by atoms with Crippen LogP contribution in [-0.2, 0) is 6.54 Å². The zero-order valence-corrected chi connectivity index (χ0v) is 18.2. The summed E-state index contributed by atoms with van der Waals surface area (Å²) in [6.07, 6.45) is 0. The summed E-state index contributed by atoms with van der Waals surface area (Å²) < 4.78 is 1.98. The highest BCUT2D eigenvalue weighted by molar-refractivity contribution is 5.94. The Labute approximate surface area is 183 Å². The number of carbonyl (C=O) groups excluding carboxylic acids is 1. The van der Waals surface area contributed by atoms with E-state index < -0.39 is 0 Å². The Morgan fingerprint density at radius 1 is 0.871 bits per heavy atom. The second-order valence-electron chi connectivity index (χ2n) is 8.01. The van der Waals surface area contributed by atoms with Crippen LogP contribution in [0.3, 0.4) is 0 Å². The number of nitrogens with zero attached hydrogens (tertiary/aromatic N) is 2. The van der Waals surface area contributed by atoms with Crippen molar-refractivity contribution >= 4 is 5.91 Å². The van der Waals surface area contributed by atoms with Crippen LogP contribution in [0.25, 0.3) is 0 Å². The van der Waals surface area contributed by atoms with Gasteiger partial charge in [-0.3, -0.25) is 9.48 Å². The molecule has 0 saturated carbocycles. The second-order valence-corrected chi connectivity index (χ2v) is 8.01. The molecule has 1 atom stereocenters. The molecular formula is C27H27N3O. The van der Waals surface area contributed by atoms with Crippen LogP contribution in [-0.4, -0.2) is 15.7 Å². The van der Waals surface area contributed by atoms with Crippen molar-refractivity contribution in [3.8, 4) is 0 Å². The topological polar surface area (TPSA) is 46.9 Å². The molecule has 0 aliphatic carbocycles. The van der Waals surface area contributed by atoms with Gasteiger partial charge in [0, 0.05) is 11.3 Å². The maximum atomic E-state index is 13.1. The molecule has 4 aromatic rings. The highest BCUT2D eigenvalue weighted by Crippen LogP contribution is 2.23. The summed E-state index contributed by atoms with van der Waals surface area (Å²) in [4.78, 5) is 13.1. The third-order valence-electron chi connectivity index (χ3n) is 5.44. The van der Waals surface area contributed by atoms with E-state index in [1.54, 1.807) is 0 Å². The first kappa shape index (κ1) is 20.6. The molecule has 1 amide bonds. The first-order chi connectivity index (χ1) is 15.0. The van der Waals surface area contributed by atoms with Crippen LogP contribution in [0.1, 0.15) is 50.0 Å². The molecule has 0 unspecified atom stereocenters. The van der Waals surface area contributed by atoms with Crippen molar-refractivity contribution in [1.82, 2.24) is 15.1 Å². The van der Waals surface area contributed by atoms with E-state index in [-0.39, 0.29) is 11.9 Å². The predicted octanol–water partition coefficient (Wildman–Crippen LogP) is 5.38. The third kappa shape index (κ3) is 4.92. The molecule has 4 nitrogen and oxygen atoms in total. The minimum atomic E-state index is -0.206. The molecule has 0 bridgehead atoms.